The van der Waals surface area contributed by atoms with Gasteiger partial charge in [-0.1, -0.05) is 6.07 Å². The van der Waals surface area contributed by atoms with Gasteiger partial charge in [-0.15, -0.1) is 0 Å². The number of nitrogens with one attached hydrogen (secondary N) is 2. The molecule has 0 unspecified atom stereocenters. The molecule has 21 heavy (non-hydrogen) atoms. The Morgan fingerprint density at radius 3 is 3.00 bits per heavy atom. The van der Waals surface area contributed by atoms with Gasteiger partial charge in [0.05, 0.1) is 6.26 Å². The molecule has 0 amide bonds. The molecule has 1 aromatic rings. The van der Waals surface area contributed by atoms with Crippen molar-refractivity contribution < 1.29 is 8.42 Å². The SMILES string of the molecule is CS(=O)(=O)NCCCN1CC[C@@H](CNc2ccccn2)C1. The molecule has 2 rings (SSSR count). The smallest absolute Gasteiger partial charge is 0.208 e. The van der Waals surface area contributed by atoms with E-state index in [1.807, 2.05) is 18.2 Å². The van der Waals surface area contributed by atoms with Crippen LogP contribution in [-0.4, -0.2) is 57.3 Å². The van der Waals surface area contributed by atoms with Crippen LogP contribution < -0.4 is 10.0 Å². The van der Waals surface area contributed by atoms with E-state index in [9.17, 15) is 8.42 Å². The van der Waals surface area contributed by atoms with Gasteiger partial charge in [0, 0.05) is 25.8 Å². The van der Waals surface area contributed by atoms with Crippen molar-refractivity contribution in [3.63, 3.8) is 0 Å². The number of pyridine rings is 1. The van der Waals surface area contributed by atoms with E-state index in [4.69, 9.17) is 0 Å². The minimum atomic E-state index is -3.06. The second-order valence-corrected chi connectivity index (χ2v) is 7.40. The highest BCUT2D eigenvalue weighted by atomic mass is 32.2. The maximum absolute atomic E-state index is 11.0. The Morgan fingerprint density at radius 1 is 1.43 bits per heavy atom. The zero-order valence-corrected chi connectivity index (χ0v) is 13.3. The van der Waals surface area contributed by atoms with Gasteiger partial charge in [0.1, 0.15) is 5.82 Å². The van der Waals surface area contributed by atoms with Crippen molar-refractivity contribution >= 4 is 15.8 Å². The number of aromatic nitrogens is 1. The zero-order chi connectivity index (χ0) is 15.1. The Bertz CT molecular complexity index is 521. The first-order chi connectivity index (χ1) is 10.0. The summed E-state index contributed by atoms with van der Waals surface area (Å²) in [6.07, 6.45) is 5.02. The average molecular weight is 312 g/mol. The Morgan fingerprint density at radius 2 is 2.29 bits per heavy atom. The number of nitrogens with zero attached hydrogens (tertiary/aromatic N) is 2. The van der Waals surface area contributed by atoms with Gasteiger partial charge in [0.2, 0.25) is 10.0 Å². The highest BCUT2D eigenvalue weighted by Crippen LogP contribution is 2.16. The summed E-state index contributed by atoms with van der Waals surface area (Å²) in [5.41, 5.74) is 0. The van der Waals surface area contributed by atoms with Gasteiger partial charge in [-0.2, -0.15) is 0 Å². The summed E-state index contributed by atoms with van der Waals surface area (Å²) in [4.78, 5) is 6.65. The number of likely N-dealkylation sites (tertiary alicyclic amines) is 1. The normalized spacial score (nSPS) is 19.8. The Kier molecular flexibility index (Phi) is 5.96. The monoisotopic (exact) mass is 312 g/mol. The third kappa shape index (κ3) is 6.41. The van der Waals surface area contributed by atoms with E-state index in [0.717, 1.165) is 38.4 Å². The molecule has 0 aromatic carbocycles. The van der Waals surface area contributed by atoms with Crippen LogP contribution in [0.5, 0.6) is 0 Å². The van der Waals surface area contributed by atoms with Crippen molar-refractivity contribution in [1.82, 2.24) is 14.6 Å². The van der Waals surface area contributed by atoms with Crippen LogP contribution >= 0.6 is 0 Å². The molecule has 0 bridgehead atoms. The van der Waals surface area contributed by atoms with Crippen molar-refractivity contribution in [3.05, 3.63) is 24.4 Å². The molecule has 7 heteroatoms. The zero-order valence-electron chi connectivity index (χ0n) is 12.5. The average Bonchev–Trinajstić information content (AvgIpc) is 2.89. The number of rotatable bonds is 8. The second-order valence-electron chi connectivity index (χ2n) is 5.57. The van der Waals surface area contributed by atoms with Crippen LogP contribution in [0, 0.1) is 5.92 Å². The van der Waals surface area contributed by atoms with Crippen molar-refractivity contribution in [1.29, 1.82) is 0 Å². The van der Waals surface area contributed by atoms with Gasteiger partial charge in [0.15, 0.2) is 0 Å². The van der Waals surface area contributed by atoms with Crippen LogP contribution in [0.2, 0.25) is 0 Å². The summed E-state index contributed by atoms with van der Waals surface area (Å²) in [6, 6.07) is 5.86. The van der Waals surface area contributed by atoms with Gasteiger partial charge in [-0.05, 0) is 44.0 Å². The minimum absolute atomic E-state index is 0.520. The Balaban J connectivity index is 1.60. The molecular weight excluding hydrogens is 288 g/mol. The highest BCUT2D eigenvalue weighted by molar-refractivity contribution is 7.88. The van der Waals surface area contributed by atoms with E-state index in [2.05, 4.69) is 19.9 Å². The van der Waals surface area contributed by atoms with Crippen LogP contribution in [0.15, 0.2) is 24.4 Å². The van der Waals surface area contributed by atoms with Crippen LogP contribution in [0.3, 0.4) is 0 Å². The third-order valence-corrected chi connectivity index (χ3v) is 4.35. The predicted molar refractivity (Wildman–Crippen MR) is 84.7 cm³/mol. The van der Waals surface area contributed by atoms with Crippen LogP contribution in [0.25, 0.3) is 0 Å². The lowest BCUT2D eigenvalue weighted by Crippen LogP contribution is -2.29. The van der Waals surface area contributed by atoms with Gasteiger partial charge in [-0.25, -0.2) is 18.1 Å². The molecule has 0 saturated carbocycles. The molecule has 1 fully saturated rings. The molecule has 0 aliphatic carbocycles. The van der Waals surface area contributed by atoms with Crippen LogP contribution in [0.1, 0.15) is 12.8 Å². The molecular formula is C14H24N4O2S. The summed E-state index contributed by atoms with van der Waals surface area (Å²) in [6.45, 7) is 4.57. The lowest BCUT2D eigenvalue weighted by Gasteiger charge is -2.16. The van der Waals surface area contributed by atoms with Gasteiger partial charge < -0.3 is 10.2 Å². The fourth-order valence-corrected chi connectivity index (χ4v) is 3.07. The third-order valence-electron chi connectivity index (χ3n) is 3.62. The largest absolute Gasteiger partial charge is 0.370 e. The molecule has 2 N–H and O–H groups in total. The maximum atomic E-state index is 11.0. The molecule has 0 spiro atoms. The molecule has 1 aromatic heterocycles. The highest BCUT2D eigenvalue weighted by Gasteiger charge is 2.21. The standard InChI is InChI=1S/C14H24N4O2S/c1-21(19,20)17-8-4-9-18-10-6-13(12-18)11-16-14-5-2-3-7-15-14/h2-3,5,7,13,17H,4,6,8-12H2,1H3,(H,15,16)/t13-/m0/s1. The summed E-state index contributed by atoms with van der Waals surface area (Å²) < 4.78 is 24.4. The Labute approximate surface area is 127 Å². The first kappa shape index (κ1) is 16.2. The van der Waals surface area contributed by atoms with E-state index in [1.165, 1.54) is 12.7 Å². The van der Waals surface area contributed by atoms with Crippen molar-refractivity contribution in [2.45, 2.75) is 12.8 Å². The molecule has 0 radical (unpaired) electrons. The van der Waals surface area contributed by atoms with E-state index in [0.29, 0.717) is 12.5 Å². The number of hydrogen-bond acceptors (Lipinski definition) is 5. The summed E-state index contributed by atoms with van der Waals surface area (Å²) in [5, 5.41) is 3.36. The van der Waals surface area contributed by atoms with Crippen LogP contribution in [0.4, 0.5) is 5.82 Å². The molecule has 2 heterocycles. The summed E-state index contributed by atoms with van der Waals surface area (Å²) in [5.74, 6) is 1.56. The first-order valence-electron chi connectivity index (χ1n) is 7.35. The summed E-state index contributed by atoms with van der Waals surface area (Å²) >= 11 is 0. The van der Waals surface area contributed by atoms with E-state index in [-0.39, 0.29) is 0 Å². The second kappa shape index (κ2) is 7.72. The van der Waals surface area contributed by atoms with E-state index >= 15 is 0 Å². The van der Waals surface area contributed by atoms with E-state index < -0.39 is 10.0 Å². The molecule has 6 nitrogen and oxygen atoms in total. The van der Waals surface area contributed by atoms with Crippen LogP contribution in [-0.2, 0) is 10.0 Å². The van der Waals surface area contributed by atoms with Gasteiger partial charge >= 0.3 is 0 Å². The number of anilines is 1. The number of sulfonamides is 1. The first-order valence-corrected chi connectivity index (χ1v) is 9.24. The fraction of sp³-hybridized carbons (Fsp3) is 0.643. The number of hydrogen-bond donors (Lipinski definition) is 2. The lowest BCUT2D eigenvalue weighted by molar-refractivity contribution is 0.322. The van der Waals surface area contributed by atoms with Crippen molar-refractivity contribution in [2.24, 2.45) is 5.92 Å². The van der Waals surface area contributed by atoms with Gasteiger partial charge in [0.25, 0.3) is 0 Å². The Hall–Kier alpha value is -1.18. The molecule has 118 valence electrons. The predicted octanol–water partition coefficient (Wildman–Crippen LogP) is 0.755. The van der Waals surface area contributed by atoms with Crippen molar-refractivity contribution in [2.75, 3.05) is 44.3 Å². The van der Waals surface area contributed by atoms with Gasteiger partial charge in [-0.3, -0.25) is 0 Å². The maximum Gasteiger partial charge on any atom is 0.208 e. The summed E-state index contributed by atoms with van der Waals surface area (Å²) in [7, 11) is -3.06. The molecule has 1 aliphatic heterocycles. The quantitative estimate of drug-likeness (QED) is 0.693. The topological polar surface area (TPSA) is 74.3 Å². The minimum Gasteiger partial charge on any atom is -0.370 e. The fourth-order valence-electron chi connectivity index (χ4n) is 2.56. The molecule has 1 atom stereocenters. The molecule has 1 saturated heterocycles. The van der Waals surface area contributed by atoms with Crippen molar-refractivity contribution in [3.8, 4) is 0 Å². The lowest BCUT2D eigenvalue weighted by atomic mass is 10.1. The molecule has 1 aliphatic rings. The van der Waals surface area contributed by atoms with E-state index in [1.54, 1.807) is 6.20 Å².